The molecule has 0 spiro atoms. The first kappa shape index (κ1) is 66.4. The van der Waals surface area contributed by atoms with Gasteiger partial charge >= 0.3 is 18.5 Å². The number of nitrogens with zero attached hydrogens (tertiary/aromatic N) is 1. The average Bonchev–Trinajstić information content (AvgIpc) is 2.08. The van der Waals surface area contributed by atoms with Crippen molar-refractivity contribution in [2.45, 2.75) is 74.2 Å². The number of halogens is 13. The van der Waals surface area contributed by atoms with Gasteiger partial charge < -0.3 is 15.4 Å². The van der Waals surface area contributed by atoms with E-state index in [0.717, 1.165) is 78.9 Å². The Bertz CT molecular complexity index is 3890. The molecular formula is C63H51F13N4O7S. The molecule has 3 N–H and O–H groups in total. The van der Waals surface area contributed by atoms with Gasteiger partial charge in [0.2, 0.25) is 16.4 Å². The van der Waals surface area contributed by atoms with Crippen LogP contribution in [0.3, 0.4) is 0 Å². The zero-order valence-corrected chi connectivity index (χ0v) is 47.1. The topological polar surface area (TPSA) is 157 Å². The second kappa shape index (κ2) is 26.9. The number of benzene rings is 8. The van der Waals surface area contributed by atoms with Crippen molar-refractivity contribution in [1.29, 1.82) is 0 Å². The highest BCUT2D eigenvalue weighted by Crippen LogP contribution is 2.42. The highest BCUT2D eigenvalue weighted by atomic mass is 32.2. The van der Waals surface area contributed by atoms with Crippen LogP contribution >= 0.6 is 0 Å². The summed E-state index contributed by atoms with van der Waals surface area (Å²) >= 11 is 0. The van der Waals surface area contributed by atoms with E-state index in [0.29, 0.717) is 47.4 Å². The monoisotopic (exact) mass is 1250 g/mol. The molecule has 1 unspecified atom stereocenters. The molecule has 0 bridgehead atoms. The van der Waals surface area contributed by atoms with Gasteiger partial charge in [0.15, 0.2) is 11.6 Å². The lowest BCUT2D eigenvalue weighted by Gasteiger charge is -2.37. The van der Waals surface area contributed by atoms with E-state index < -0.39 is 132 Å². The molecule has 0 aliphatic carbocycles. The molecule has 8 aromatic carbocycles. The fourth-order valence-corrected chi connectivity index (χ4v) is 10.9. The van der Waals surface area contributed by atoms with Crippen molar-refractivity contribution in [3.05, 3.63) is 277 Å². The molecule has 88 heavy (non-hydrogen) atoms. The van der Waals surface area contributed by atoms with Gasteiger partial charge in [-0.2, -0.15) is 39.5 Å². The Morgan fingerprint density at radius 2 is 1.08 bits per heavy atom. The van der Waals surface area contributed by atoms with Crippen LogP contribution < -0.4 is 20.1 Å². The summed E-state index contributed by atoms with van der Waals surface area (Å²) in [4.78, 5) is 35.6. The molecule has 2 amide bonds. The molecule has 0 saturated heterocycles. The maximum absolute atomic E-state index is 15.6. The molecule has 8 aromatic rings. The van der Waals surface area contributed by atoms with Gasteiger partial charge in [-0.25, -0.2) is 30.7 Å². The molecule has 0 radical (unpaired) electrons. The summed E-state index contributed by atoms with van der Waals surface area (Å²) in [6.45, 7) is 3.83. The Kier molecular flexibility index (Phi) is 20.3. The molecule has 0 saturated carbocycles. The quantitative estimate of drug-likeness (QED) is 0.0297. The molecule has 0 aromatic heterocycles. The summed E-state index contributed by atoms with van der Waals surface area (Å²) in [5.41, 5.74) is -8.23. The molecule has 25 heteroatoms. The number of non-ortho nitro benzene ring substituents is 1. The number of rotatable bonds is 20. The third-order valence-electron chi connectivity index (χ3n) is 14.1. The van der Waals surface area contributed by atoms with Crippen LogP contribution in [0.4, 0.5) is 62.8 Å². The molecule has 0 aliphatic rings. The molecule has 0 fully saturated rings. The molecule has 3 atom stereocenters. The van der Waals surface area contributed by atoms with Gasteiger partial charge in [-0.1, -0.05) is 98.8 Å². The van der Waals surface area contributed by atoms with Crippen LogP contribution in [0.25, 0.3) is 0 Å². The Hall–Kier alpha value is -9.10. The van der Waals surface area contributed by atoms with Crippen molar-refractivity contribution in [2.24, 2.45) is 5.92 Å². The summed E-state index contributed by atoms with van der Waals surface area (Å²) in [6.07, 6.45) is -14.9. The number of nitro groups is 1. The van der Waals surface area contributed by atoms with E-state index in [1.165, 1.54) is 31.2 Å². The molecule has 0 aliphatic heterocycles. The van der Waals surface area contributed by atoms with Crippen LogP contribution in [0, 0.1) is 46.2 Å². The van der Waals surface area contributed by atoms with Gasteiger partial charge in [-0.05, 0) is 137 Å². The first-order chi connectivity index (χ1) is 41.2. The van der Waals surface area contributed by atoms with Crippen LogP contribution in [0.5, 0.6) is 5.75 Å². The Morgan fingerprint density at radius 1 is 0.580 bits per heavy atom. The summed E-state index contributed by atoms with van der Waals surface area (Å²) < 4.78 is 218. The Balaban J connectivity index is 0.000000317. The summed E-state index contributed by atoms with van der Waals surface area (Å²) in [5.74, 6) is -6.39. The van der Waals surface area contributed by atoms with E-state index >= 15 is 8.78 Å². The number of hydrogen-bond acceptors (Lipinski definition) is 7. The fraction of sp³-hybridized carbons (Fsp3) is 0.206. The number of nitrogens with one attached hydrogen (secondary N) is 3. The maximum Gasteiger partial charge on any atom is 0.416 e. The number of sulfonamides is 1. The first-order valence-corrected chi connectivity index (χ1v) is 27.7. The van der Waals surface area contributed by atoms with Gasteiger partial charge in [0, 0.05) is 30.5 Å². The third-order valence-corrected chi connectivity index (χ3v) is 15.7. The smallest absolute Gasteiger partial charge is 0.416 e. The highest BCUT2D eigenvalue weighted by Gasteiger charge is 2.43. The lowest BCUT2D eigenvalue weighted by atomic mass is 9.77. The largest absolute Gasteiger partial charge is 0.489 e. The molecular weight excluding hydrogens is 1200 g/mol. The van der Waals surface area contributed by atoms with Crippen LogP contribution in [0.2, 0.25) is 0 Å². The molecule has 11 nitrogen and oxygen atoms in total. The SMILES string of the molecule is Cc1ccc(C(=O)N[C@@](Cc2ccccc2)(c2cc(F)cc(C(F)(F)F)c2)c2ccc(F)c(OCC(NS(=O)(=O)c3ccc([N+](=O)[O-])cc3)C(C)C)c2)cc1C(F)(F)F.O=CN[C@](Cc1ccccc1)(c1ccc(F)cc1)c1cc(F)cc(C(F)(F)F)c1. The highest BCUT2D eigenvalue weighted by molar-refractivity contribution is 7.89. The van der Waals surface area contributed by atoms with Crippen LogP contribution in [-0.2, 0) is 57.3 Å². The summed E-state index contributed by atoms with van der Waals surface area (Å²) in [6, 6.07) is 33.6. The van der Waals surface area contributed by atoms with E-state index in [2.05, 4.69) is 15.4 Å². The normalized spacial score (nSPS) is 13.7. The lowest BCUT2D eigenvalue weighted by molar-refractivity contribution is -0.384. The van der Waals surface area contributed by atoms with Gasteiger partial charge in [-0.15, -0.1) is 0 Å². The standard InChI is InChI=1S/C41H35F8N3O6S.C22H16F5NO/c1-24(2)36(51-59(56,57)33-14-12-32(13-15-33)52(54)55)23-58-37-21-28(11-16-35(37)43)39(22-26-7-5-4-6-8-26,29-18-30(40(44,45)46)20-31(42)19-29)50-38(53)27-10-9-25(3)34(17-27)41(47,48)49;23-19-8-6-16(7-9-19)21(28-14-29,13-15-4-2-1-3-5-15)17-10-18(22(25,26)27)12-20(24)11-17/h4-21,24,36,51H,22-23H2,1-3H3,(H,50,53);1-12,14H,13H2,(H,28,29)/t36?,39-;21-/m11/s1. The van der Waals surface area contributed by atoms with Crippen molar-refractivity contribution >= 4 is 28.0 Å². The first-order valence-electron chi connectivity index (χ1n) is 26.3. The lowest BCUT2D eigenvalue weighted by Crippen LogP contribution is -2.49. The summed E-state index contributed by atoms with van der Waals surface area (Å²) in [7, 11) is -4.33. The minimum atomic E-state index is -5.11. The number of amides is 2. The van der Waals surface area contributed by atoms with Crippen LogP contribution in [0.15, 0.2) is 187 Å². The predicted octanol–water partition coefficient (Wildman–Crippen LogP) is 14.7. The van der Waals surface area contributed by atoms with Crippen molar-refractivity contribution in [1.82, 2.24) is 15.4 Å². The number of carbonyl (C=O) groups is 2. The third kappa shape index (κ3) is 16.1. The van der Waals surface area contributed by atoms with Crippen LogP contribution in [0.1, 0.15) is 79.8 Å². The number of aryl methyl sites for hydroxylation is 1. The van der Waals surface area contributed by atoms with Gasteiger partial charge in [0.25, 0.3) is 11.6 Å². The second-order valence-corrected chi connectivity index (χ2v) is 22.2. The summed E-state index contributed by atoms with van der Waals surface area (Å²) in [5, 5.41) is 16.2. The zero-order chi connectivity index (χ0) is 64.6. The number of hydrogen-bond donors (Lipinski definition) is 3. The molecule has 8 rings (SSSR count). The van der Waals surface area contributed by atoms with E-state index in [-0.39, 0.29) is 39.8 Å². The van der Waals surface area contributed by atoms with Crippen molar-refractivity contribution < 1.29 is 84.7 Å². The number of carbonyl (C=O) groups excluding carboxylic acids is 2. The van der Waals surface area contributed by atoms with Crippen molar-refractivity contribution in [3.63, 3.8) is 0 Å². The van der Waals surface area contributed by atoms with E-state index in [9.17, 15) is 76.4 Å². The Labute approximate surface area is 495 Å². The predicted molar refractivity (Wildman–Crippen MR) is 298 cm³/mol. The van der Waals surface area contributed by atoms with E-state index in [1.54, 1.807) is 62.4 Å². The van der Waals surface area contributed by atoms with Gasteiger partial charge in [-0.3, -0.25) is 19.7 Å². The van der Waals surface area contributed by atoms with Crippen LogP contribution in [-0.4, -0.2) is 38.3 Å². The fourth-order valence-electron chi connectivity index (χ4n) is 9.56. The van der Waals surface area contributed by atoms with Gasteiger partial charge in [0.05, 0.1) is 43.6 Å². The number of ether oxygens (including phenoxy) is 1. The number of alkyl halides is 9. The van der Waals surface area contributed by atoms with E-state index in [1.807, 2.05) is 0 Å². The molecule has 0 heterocycles. The minimum Gasteiger partial charge on any atom is -0.489 e. The Morgan fingerprint density at radius 3 is 1.57 bits per heavy atom. The van der Waals surface area contributed by atoms with E-state index in [4.69, 9.17) is 4.74 Å². The molecule has 462 valence electrons. The zero-order valence-electron chi connectivity index (χ0n) is 46.3. The second-order valence-electron chi connectivity index (χ2n) is 20.5. The number of nitro benzene ring substituents is 1. The van der Waals surface area contributed by atoms with Crippen molar-refractivity contribution in [2.75, 3.05) is 6.61 Å². The minimum absolute atomic E-state index is 0.0267. The van der Waals surface area contributed by atoms with Crippen molar-refractivity contribution in [3.8, 4) is 5.75 Å². The van der Waals surface area contributed by atoms with Gasteiger partial charge in [0.1, 0.15) is 24.1 Å². The average molecular weight is 1260 g/mol. The maximum atomic E-state index is 15.6.